The minimum Gasteiger partial charge on any atom is -0.356 e. The Balaban J connectivity index is 1.70. The summed E-state index contributed by atoms with van der Waals surface area (Å²) in [4.78, 5) is 23.1. The predicted molar refractivity (Wildman–Crippen MR) is 108 cm³/mol. The lowest BCUT2D eigenvalue weighted by molar-refractivity contribution is 0.0787. The number of fused-ring (bicyclic) bond motifs is 1. The minimum atomic E-state index is -0.00493. The lowest BCUT2D eigenvalue weighted by Gasteiger charge is -2.23. The van der Waals surface area contributed by atoms with Crippen LogP contribution in [-0.2, 0) is 6.54 Å². The molecule has 1 saturated heterocycles. The number of benzene rings is 1. The summed E-state index contributed by atoms with van der Waals surface area (Å²) in [7, 11) is 1.83. The fraction of sp³-hybridized carbons (Fsp3) is 0.300. The topological polar surface area (TPSA) is 36.4 Å². The van der Waals surface area contributed by atoms with Gasteiger partial charge in [-0.2, -0.15) is 0 Å². The Morgan fingerprint density at radius 3 is 2.73 bits per heavy atom. The lowest BCUT2D eigenvalue weighted by atomic mass is 10.1. The van der Waals surface area contributed by atoms with Crippen molar-refractivity contribution in [2.45, 2.75) is 19.4 Å². The lowest BCUT2D eigenvalue weighted by Crippen LogP contribution is -2.29. The standard InChI is InChI=1S/C20H20ClN3OS/c1-23(13-15-8-9-18(21)26-15)20(25)16-12-14-6-2-3-7-17(14)22-19(16)24-10-4-5-11-24/h2-3,6-9,12H,4-5,10-11,13H2,1H3. The number of carbonyl (C=O) groups excluding carboxylic acids is 1. The molecule has 2 aromatic heterocycles. The maximum Gasteiger partial charge on any atom is 0.257 e. The van der Waals surface area contributed by atoms with Crippen molar-refractivity contribution in [3.05, 3.63) is 57.2 Å². The Bertz CT molecular complexity index is 949. The number of para-hydroxylation sites is 1. The highest BCUT2D eigenvalue weighted by Crippen LogP contribution is 2.28. The Kier molecular flexibility index (Phi) is 4.83. The summed E-state index contributed by atoms with van der Waals surface area (Å²) in [6.07, 6.45) is 2.29. The number of hydrogen-bond acceptors (Lipinski definition) is 4. The third-order valence-electron chi connectivity index (χ3n) is 4.71. The molecule has 0 N–H and O–H groups in total. The zero-order chi connectivity index (χ0) is 18.1. The highest BCUT2D eigenvalue weighted by molar-refractivity contribution is 7.16. The molecule has 0 saturated carbocycles. The summed E-state index contributed by atoms with van der Waals surface area (Å²) in [5, 5.41) is 0.992. The van der Waals surface area contributed by atoms with Gasteiger partial charge in [-0.15, -0.1) is 11.3 Å². The van der Waals surface area contributed by atoms with Crippen molar-refractivity contribution in [2.24, 2.45) is 0 Å². The summed E-state index contributed by atoms with van der Waals surface area (Å²) >= 11 is 7.52. The molecular formula is C20H20ClN3OS. The van der Waals surface area contributed by atoms with E-state index in [4.69, 9.17) is 16.6 Å². The van der Waals surface area contributed by atoms with Crippen LogP contribution in [0.2, 0.25) is 4.34 Å². The maximum atomic E-state index is 13.2. The summed E-state index contributed by atoms with van der Waals surface area (Å²) in [5.41, 5.74) is 1.61. The largest absolute Gasteiger partial charge is 0.356 e. The van der Waals surface area contributed by atoms with E-state index in [9.17, 15) is 4.79 Å². The zero-order valence-corrected chi connectivity index (χ0v) is 16.2. The number of thiophene rings is 1. The van der Waals surface area contributed by atoms with Crippen LogP contribution in [0.15, 0.2) is 42.5 Å². The quantitative estimate of drug-likeness (QED) is 0.645. The van der Waals surface area contributed by atoms with E-state index in [0.717, 1.165) is 51.9 Å². The van der Waals surface area contributed by atoms with Gasteiger partial charge in [0.2, 0.25) is 0 Å². The number of amides is 1. The molecule has 3 aromatic rings. The van der Waals surface area contributed by atoms with E-state index in [0.29, 0.717) is 12.1 Å². The second-order valence-corrected chi connectivity index (χ2v) is 8.41. The first-order valence-corrected chi connectivity index (χ1v) is 9.96. The van der Waals surface area contributed by atoms with Gasteiger partial charge < -0.3 is 9.80 Å². The Labute approximate surface area is 162 Å². The van der Waals surface area contributed by atoms with Crippen LogP contribution in [0.25, 0.3) is 10.9 Å². The molecule has 1 aromatic carbocycles. The Morgan fingerprint density at radius 2 is 2.00 bits per heavy atom. The van der Waals surface area contributed by atoms with E-state index in [-0.39, 0.29) is 5.91 Å². The number of anilines is 1. The normalized spacial score (nSPS) is 14.2. The molecule has 1 aliphatic rings. The summed E-state index contributed by atoms with van der Waals surface area (Å²) in [6, 6.07) is 13.8. The van der Waals surface area contributed by atoms with Crippen molar-refractivity contribution in [3.63, 3.8) is 0 Å². The van der Waals surface area contributed by atoms with E-state index in [1.54, 1.807) is 4.90 Å². The Hall–Kier alpha value is -2.11. The van der Waals surface area contributed by atoms with Crippen LogP contribution >= 0.6 is 22.9 Å². The molecule has 0 radical (unpaired) electrons. The van der Waals surface area contributed by atoms with Crippen LogP contribution in [-0.4, -0.2) is 35.9 Å². The van der Waals surface area contributed by atoms with Crippen molar-refractivity contribution in [1.29, 1.82) is 0 Å². The first kappa shape index (κ1) is 17.3. The molecule has 134 valence electrons. The van der Waals surface area contributed by atoms with Gasteiger partial charge in [-0.1, -0.05) is 29.8 Å². The first-order valence-electron chi connectivity index (χ1n) is 8.76. The molecule has 0 spiro atoms. The molecular weight excluding hydrogens is 366 g/mol. The predicted octanol–water partition coefficient (Wildman–Crippen LogP) is 4.82. The molecule has 1 aliphatic heterocycles. The van der Waals surface area contributed by atoms with Gasteiger partial charge in [-0.3, -0.25) is 4.79 Å². The molecule has 4 rings (SSSR count). The number of nitrogens with zero attached hydrogens (tertiary/aromatic N) is 3. The molecule has 1 fully saturated rings. The number of carbonyl (C=O) groups is 1. The van der Waals surface area contributed by atoms with Crippen molar-refractivity contribution < 1.29 is 4.79 Å². The monoisotopic (exact) mass is 385 g/mol. The van der Waals surface area contributed by atoms with Crippen LogP contribution in [0, 0.1) is 0 Å². The SMILES string of the molecule is CN(Cc1ccc(Cl)s1)C(=O)c1cc2ccccc2nc1N1CCCC1. The highest BCUT2D eigenvalue weighted by atomic mass is 35.5. The van der Waals surface area contributed by atoms with E-state index in [1.807, 2.05) is 49.5 Å². The van der Waals surface area contributed by atoms with Crippen LogP contribution in [0.4, 0.5) is 5.82 Å². The number of pyridine rings is 1. The minimum absolute atomic E-state index is 0.00493. The van der Waals surface area contributed by atoms with Crippen molar-refractivity contribution in [3.8, 4) is 0 Å². The molecule has 0 atom stereocenters. The average Bonchev–Trinajstić information content (AvgIpc) is 3.32. The van der Waals surface area contributed by atoms with Crippen molar-refractivity contribution in [2.75, 3.05) is 25.0 Å². The van der Waals surface area contributed by atoms with Gasteiger partial charge in [0.25, 0.3) is 5.91 Å². The van der Waals surface area contributed by atoms with Crippen molar-refractivity contribution in [1.82, 2.24) is 9.88 Å². The highest BCUT2D eigenvalue weighted by Gasteiger charge is 2.24. The Morgan fingerprint density at radius 1 is 1.23 bits per heavy atom. The average molecular weight is 386 g/mol. The number of halogens is 1. The van der Waals surface area contributed by atoms with E-state index in [2.05, 4.69) is 4.90 Å². The molecule has 0 bridgehead atoms. The van der Waals surface area contributed by atoms with E-state index < -0.39 is 0 Å². The first-order chi connectivity index (χ1) is 12.6. The summed E-state index contributed by atoms with van der Waals surface area (Å²) in [5.74, 6) is 0.803. The number of rotatable bonds is 4. The second-order valence-electron chi connectivity index (χ2n) is 6.61. The van der Waals surface area contributed by atoms with Gasteiger partial charge >= 0.3 is 0 Å². The molecule has 6 heteroatoms. The summed E-state index contributed by atoms with van der Waals surface area (Å²) in [6.45, 7) is 2.45. The molecule has 0 unspecified atom stereocenters. The number of aromatic nitrogens is 1. The van der Waals surface area contributed by atoms with Gasteiger partial charge in [0.1, 0.15) is 5.82 Å². The van der Waals surface area contributed by atoms with Crippen molar-refractivity contribution >= 4 is 45.6 Å². The van der Waals surface area contributed by atoms with E-state index >= 15 is 0 Å². The van der Waals surface area contributed by atoms with E-state index in [1.165, 1.54) is 11.3 Å². The smallest absolute Gasteiger partial charge is 0.257 e. The van der Waals surface area contributed by atoms with Gasteiger partial charge in [-0.25, -0.2) is 4.98 Å². The van der Waals surface area contributed by atoms with Crippen LogP contribution < -0.4 is 4.90 Å². The fourth-order valence-corrected chi connectivity index (χ4v) is 4.52. The molecule has 26 heavy (non-hydrogen) atoms. The van der Waals surface area contributed by atoms with Crippen LogP contribution in [0.3, 0.4) is 0 Å². The molecule has 0 aliphatic carbocycles. The third kappa shape index (κ3) is 3.41. The maximum absolute atomic E-state index is 13.2. The fourth-order valence-electron chi connectivity index (χ4n) is 3.38. The molecule has 4 nitrogen and oxygen atoms in total. The van der Waals surface area contributed by atoms with Gasteiger partial charge in [-0.05, 0) is 37.1 Å². The molecule has 1 amide bonds. The van der Waals surface area contributed by atoms with Gasteiger partial charge in [0.15, 0.2) is 0 Å². The van der Waals surface area contributed by atoms with Gasteiger partial charge in [0.05, 0.1) is 22.0 Å². The zero-order valence-electron chi connectivity index (χ0n) is 14.6. The third-order valence-corrected chi connectivity index (χ3v) is 5.92. The van der Waals surface area contributed by atoms with Crippen LogP contribution in [0.1, 0.15) is 28.1 Å². The summed E-state index contributed by atoms with van der Waals surface area (Å²) < 4.78 is 0.742. The van der Waals surface area contributed by atoms with Crippen LogP contribution in [0.5, 0.6) is 0 Å². The van der Waals surface area contributed by atoms with Gasteiger partial charge in [0, 0.05) is 30.4 Å². The second kappa shape index (κ2) is 7.25. The number of hydrogen-bond donors (Lipinski definition) is 0. The molecule has 3 heterocycles.